The first kappa shape index (κ1) is 13.4. The molecule has 0 spiro atoms. The van der Waals surface area contributed by atoms with Crippen LogP contribution in [-0.4, -0.2) is 8.80 Å². The van der Waals surface area contributed by atoms with Crippen LogP contribution in [0.25, 0.3) is 0 Å². The molecule has 0 atom stereocenters. The Balaban J connectivity index is 0.00000144. The van der Waals surface area contributed by atoms with E-state index in [-0.39, 0.29) is 21.7 Å². The van der Waals surface area contributed by atoms with Crippen LogP contribution >= 0.6 is 0 Å². The summed E-state index contributed by atoms with van der Waals surface area (Å²) >= 11 is 0. The fourth-order valence-electron chi connectivity index (χ4n) is 2.38. The Hall–Kier alpha value is 0.411. The van der Waals surface area contributed by atoms with E-state index < -0.39 is 8.80 Å². The molecule has 0 radical (unpaired) electrons. The summed E-state index contributed by atoms with van der Waals surface area (Å²) in [7, 11) is -0.531. The minimum absolute atomic E-state index is 0. The average molecular weight is 228 g/mol. The molecule has 0 bridgehead atoms. The second-order valence-corrected chi connectivity index (χ2v) is 7.49. The van der Waals surface area contributed by atoms with Crippen molar-refractivity contribution in [1.29, 1.82) is 0 Å². The molecule has 0 N–H and O–H groups in total. The van der Waals surface area contributed by atoms with Gasteiger partial charge in [0.25, 0.3) is 0 Å². The number of hydrogen-bond acceptors (Lipinski definition) is 0. The minimum Gasteiger partial charge on any atom is -0.0714 e. The van der Waals surface area contributed by atoms with E-state index in [9.17, 15) is 0 Å². The van der Waals surface area contributed by atoms with Crippen molar-refractivity contribution in [1.82, 2.24) is 0 Å². The zero-order valence-electron chi connectivity index (χ0n) is 9.65. The average Bonchev–Trinajstić information content (AvgIpc) is 2.16. The third kappa shape index (κ3) is 2.26. The van der Waals surface area contributed by atoms with Crippen molar-refractivity contribution in [3.8, 4) is 0 Å². The Bertz CT molecular complexity index is 237. The van der Waals surface area contributed by atoms with Crippen LogP contribution in [0.3, 0.4) is 0 Å². The molecule has 1 aliphatic rings. The number of rotatable bonds is 1. The first-order chi connectivity index (χ1) is 5.46. The molecular formula is C11H20SiTi+4. The molecule has 1 aliphatic carbocycles. The van der Waals surface area contributed by atoms with E-state index in [1.54, 1.807) is 22.3 Å². The van der Waals surface area contributed by atoms with Crippen LogP contribution in [0, 0.1) is 0 Å². The van der Waals surface area contributed by atoms with Crippen molar-refractivity contribution in [2.75, 3.05) is 0 Å². The minimum atomic E-state index is -0.531. The number of allylic oxidation sites excluding steroid dienone is 4. The van der Waals surface area contributed by atoms with Crippen LogP contribution in [0.4, 0.5) is 0 Å². The van der Waals surface area contributed by atoms with Gasteiger partial charge in [-0.1, -0.05) is 24.2 Å². The molecule has 68 valence electrons. The summed E-state index contributed by atoms with van der Waals surface area (Å²) < 4.78 is 0. The molecule has 0 aliphatic heterocycles. The summed E-state index contributed by atoms with van der Waals surface area (Å²) in [4.78, 5) is 0. The van der Waals surface area contributed by atoms with Gasteiger partial charge in [-0.05, 0) is 44.4 Å². The standard InChI is InChI=1S/C11H20Si.Ti/c1-7-8(2)10(4)11(9(7)3)12(5)6;/h11-12H,1-6H3;/q;+4. The summed E-state index contributed by atoms with van der Waals surface area (Å²) in [6.45, 7) is 14.1. The van der Waals surface area contributed by atoms with Gasteiger partial charge in [-0.3, -0.25) is 0 Å². The summed E-state index contributed by atoms with van der Waals surface area (Å²) in [5.74, 6) is 0. The summed E-state index contributed by atoms with van der Waals surface area (Å²) in [5, 5.41) is 0. The smallest absolute Gasteiger partial charge is 0.0714 e. The van der Waals surface area contributed by atoms with Crippen molar-refractivity contribution >= 4 is 8.80 Å². The number of hydrogen-bond donors (Lipinski definition) is 0. The maximum absolute atomic E-state index is 2.45. The molecule has 0 heterocycles. The molecule has 0 saturated carbocycles. The van der Waals surface area contributed by atoms with E-state index in [0.717, 1.165) is 5.54 Å². The van der Waals surface area contributed by atoms with Gasteiger partial charge in [-0.25, -0.2) is 0 Å². The van der Waals surface area contributed by atoms with Gasteiger partial charge in [0, 0.05) is 8.80 Å². The first-order valence-electron chi connectivity index (χ1n) is 4.82. The van der Waals surface area contributed by atoms with Gasteiger partial charge in [0.15, 0.2) is 0 Å². The molecule has 0 aromatic carbocycles. The molecule has 0 saturated heterocycles. The third-order valence-corrected chi connectivity index (χ3v) is 5.68. The predicted molar refractivity (Wildman–Crippen MR) is 59.4 cm³/mol. The summed E-state index contributed by atoms with van der Waals surface area (Å²) in [6.07, 6.45) is 0. The van der Waals surface area contributed by atoms with Gasteiger partial charge in [-0.15, -0.1) is 0 Å². The predicted octanol–water partition coefficient (Wildman–Crippen LogP) is 3.53. The maximum atomic E-state index is 2.45. The van der Waals surface area contributed by atoms with E-state index in [0.29, 0.717) is 0 Å². The van der Waals surface area contributed by atoms with Crippen molar-refractivity contribution < 1.29 is 21.7 Å². The van der Waals surface area contributed by atoms with E-state index in [4.69, 9.17) is 0 Å². The Kier molecular flexibility index (Phi) is 4.92. The van der Waals surface area contributed by atoms with Crippen LogP contribution in [-0.2, 0) is 21.7 Å². The zero-order valence-corrected chi connectivity index (χ0v) is 12.4. The second kappa shape index (κ2) is 4.77. The second-order valence-electron chi connectivity index (χ2n) is 4.34. The van der Waals surface area contributed by atoms with Crippen LogP contribution in [0.2, 0.25) is 18.6 Å². The van der Waals surface area contributed by atoms with Gasteiger partial charge in [0.1, 0.15) is 0 Å². The van der Waals surface area contributed by atoms with E-state index in [2.05, 4.69) is 40.8 Å². The van der Waals surface area contributed by atoms with Crippen LogP contribution in [0.1, 0.15) is 27.7 Å². The van der Waals surface area contributed by atoms with Crippen molar-refractivity contribution in [2.45, 2.75) is 46.3 Å². The van der Waals surface area contributed by atoms with Crippen LogP contribution < -0.4 is 0 Å². The molecule has 0 amide bonds. The van der Waals surface area contributed by atoms with Gasteiger partial charge in [-0.2, -0.15) is 0 Å². The van der Waals surface area contributed by atoms with E-state index in [1.165, 1.54) is 0 Å². The van der Waals surface area contributed by atoms with Crippen LogP contribution in [0.5, 0.6) is 0 Å². The molecule has 0 aromatic heterocycles. The molecule has 1 rings (SSSR count). The van der Waals surface area contributed by atoms with Crippen molar-refractivity contribution in [3.05, 3.63) is 22.3 Å². The first-order valence-corrected chi connectivity index (χ1v) is 7.79. The molecule has 0 nitrogen and oxygen atoms in total. The molecule has 0 fully saturated rings. The summed E-state index contributed by atoms with van der Waals surface area (Å²) in [6, 6.07) is 0. The normalized spacial score (nSPS) is 18.7. The van der Waals surface area contributed by atoms with Gasteiger partial charge in [0.2, 0.25) is 0 Å². The quantitative estimate of drug-likeness (QED) is 0.602. The fourth-order valence-corrected chi connectivity index (χ4v) is 4.88. The van der Waals surface area contributed by atoms with E-state index in [1.807, 2.05) is 0 Å². The molecular weight excluding hydrogens is 208 g/mol. The zero-order chi connectivity index (χ0) is 9.46. The molecule has 0 unspecified atom stereocenters. The maximum Gasteiger partial charge on any atom is 4.00 e. The van der Waals surface area contributed by atoms with Gasteiger partial charge in [0.05, 0.1) is 0 Å². The Labute approximate surface area is 99.0 Å². The Morgan fingerprint density at radius 2 is 1.15 bits per heavy atom. The summed E-state index contributed by atoms with van der Waals surface area (Å²) in [5.41, 5.74) is 7.25. The SMILES string of the molecule is CC1=C(C)C([SiH](C)C)C(C)=C1C.[Ti+4]. The monoisotopic (exact) mass is 228 g/mol. The van der Waals surface area contributed by atoms with Crippen molar-refractivity contribution in [3.63, 3.8) is 0 Å². The molecule has 13 heavy (non-hydrogen) atoms. The van der Waals surface area contributed by atoms with Gasteiger partial charge < -0.3 is 0 Å². The van der Waals surface area contributed by atoms with E-state index >= 15 is 0 Å². The largest absolute Gasteiger partial charge is 4.00 e. The molecule has 0 aromatic rings. The fraction of sp³-hybridized carbons (Fsp3) is 0.636. The Morgan fingerprint density at radius 3 is 1.31 bits per heavy atom. The van der Waals surface area contributed by atoms with Crippen molar-refractivity contribution in [2.24, 2.45) is 0 Å². The topological polar surface area (TPSA) is 0 Å². The molecule has 2 heteroatoms. The van der Waals surface area contributed by atoms with Crippen LogP contribution in [0.15, 0.2) is 22.3 Å². The van der Waals surface area contributed by atoms with Gasteiger partial charge >= 0.3 is 21.7 Å². The third-order valence-electron chi connectivity index (χ3n) is 3.35. The Morgan fingerprint density at radius 1 is 0.846 bits per heavy atom.